The van der Waals surface area contributed by atoms with Crippen LogP contribution < -0.4 is 0 Å². The van der Waals surface area contributed by atoms with Crippen molar-refractivity contribution in [2.45, 2.75) is 6.92 Å². The largest absolute Gasteiger partial charge is 0.502 e. The van der Waals surface area contributed by atoms with Crippen LogP contribution in [-0.4, -0.2) is 22.6 Å². The molecular formula is C11H10ClNO5. The van der Waals surface area contributed by atoms with Crippen LogP contribution in [0, 0.1) is 10.1 Å². The number of hydrogen-bond donors (Lipinski definition) is 1. The highest BCUT2D eigenvalue weighted by atomic mass is 35.5. The molecule has 0 aromatic heterocycles. The van der Waals surface area contributed by atoms with Crippen LogP contribution in [0.4, 0.5) is 5.69 Å². The van der Waals surface area contributed by atoms with E-state index in [1.165, 1.54) is 18.2 Å². The van der Waals surface area contributed by atoms with Crippen molar-refractivity contribution < 1.29 is 19.6 Å². The third-order valence-electron chi connectivity index (χ3n) is 1.98. The number of carbonyl (C=O) groups is 1. The van der Waals surface area contributed by atoms with Crippen molar-refractivity contribution in [1.82, 2.24) is 0 Å². The fraction of sp³-hybridized carbons (Fsp3) is 0.182. The third kappa shape index (κ3) is 3.21. The Morgan fingerprint density at radius 3 is 2.83 bits per heavy atom. The van der Waals surface area contributed by atoms with E-state index in [1.807, 2.05) is 0 Å². The summed E-state index contributed by atoms with van der Waals surface area (Å²) in [5.74, 6) is -1.67. The van der Waals surface area contributed by atoms with Crippen LogP contribution in [0.15, 0.2) is 24.0 Å². The summed E-state index contributed by atoms with van der Waals surface area (Å²) in [7, 11) is 0. The van der Waals surface area contributed by atoms with Crippen LogP contribution in [-0.2, 0) is 9.53 Å². The molecule has 18 heavy (non-hydrogen) atoms. The Kier molecular flexibility index (Phi) is 4.67. The Morgan fingerprint density at radius 2 is 2.28 bits per heavy atom. The van der Waals surface area contributed by atoms with Crippen LogP contribution in [0.2, 0.25) is 5.02 Å². The molecule has 6 nitrogen and oxygen atoms in total. The monoisotopic (exact) mass is 271 g/mol. The van der Waals surface area contributed by atoms with Crippen molar-refractivity contribution in [1.29, 1.82) is 0 Å². The molecule has 0 amide bonds. The van der Waals surface area contributed by atoms with Crippen molar-refractivity contribution in [2.75, 3.05) is 6.61 Å². The van der Waals surface area contributed by atoms with E-state index < -0.39 is 16.7 Å². The second-order valence-corrected chi connectivity index (χ2v) is 3.59. The molecule has 0 saturated heterocycles. The van der Waals surface area contributed by atoms with E-state index in [2.05, 4.69) is 4.74 Å². The zero-order valence-electron chi connectivity index (χ0n) is 9.42. The summed E-state index contributed by atoms with van der Waals surface area (Å²) >= 11 is 5.68. The summed E-state index contributed by atoms with van der Waals surface area (Å²) in [6.07, 6.45) is 0.946. The topological polar surface area (TPSA) is 89.7 Å². The number of nitro benzene ring substituents is 1. The molecule has 1 aromatic rings. The van der Waals surface area contributed by atoms with Gasteiger partial charge in [-0.15, -0.1) is 0 Å². The first-order valence-electron chi connectivity index (χ1n) is 4.98. The van der Waals surface area contributed by atoms with Gasteiger partial charge in [0.2, 0.25) is 5.76 Å². The lowest BCUT2D eigenvalue weighted by Gasteiger charge is -2.02. The van der Waals surface area contributed by atoms with Crippen molar-refractivity contribution in [3.05, 3.63) is 44.7 Å². The number of esters is 1. The molecule has 0 bridgehead atoms. The number of hydrogen-bond acceptors (Lipinski definition) is 5. The first-order valence-corrected chi connectivity index (χ1v) is 5.35. The molecule has 0 atom stereocenters. The minimum atomic E-state index is -0.952. The smallest absolute Gasteiger partial charge is 0.373 e. The van der Waals surface area contributed by atoms with Gasteiger partial charge in [-0.2, -0.15) is 0 Å². The van der Waals surface area contributed by atoms with Crippen molar-refractivity contribution in [2.24, 2.45) is 0 Å². The SMILES string of the molecule is CCOC(=O)/C(O)=C/c1cccc(Cl)c1[N+](=O)[O-]. The number of aliphatic hydroxyl groups excluding tert-OH is 1. The van der Waals surface area contributed by atoms with Crippen LogP contribution in [0.3, 0.4) is 0 Å². The lowest BCUT2D eigenvalue weighted by molar-refractivity contribution is -0.384. The minimum absolute atomic E-state index is 0.0260. The quantitative estimate of drug-likeness (QED) is 0.299. The van der Waals surface area contributed by atoms with E-state index in [9.17, 15) is 20.0 Å². The standard InChI is InChI=1S/C11H10ClNO5/c1-2-18-11(15)9(14)6-7-4-3-5-8(12)10(7)13(16)17/h3-6,14H,2H2,1H3/b9-6-. The predicted octanol–water partition coefficient (Wildman–Crippen LogP) is 2.71. The van der Waals surface area contributed by atoms with Crippen molar-refractivity contribution >= 4 is 29.3 Å². The molecule has 0 fully saturated rings. The van der Waals surface area contributed by atoms with E-state index >= 15 is 0 Å². The van der Waals surface area contributed by atoms with E-state index in [4.69, 9.17) is 11.6 Å². The van der Waals surface area contributed by atoms with Gasteiger partial charge in [0.25, 0.3) is 5.69 Å². The fourth-order valence-electron chi connectivity index (χ4n) is 1.25. The first-order chi connectivity index (χ1) is 8.47. The lowest BCUT2D eigenvalue weighted by Crippen LogP contribution is -2.07. The zero-order valence-corrected chi connectivity index (χ0v) is 10.2. The number of nitrogens with zero attached hydrogens (tertiary/aromatic N) is 1. The summed E-state index contributed by atoms with van der Waals surface area (Å²) in [5, 5.41) is 20.2. The number of aliphatic hydroxyl groups is 1. The van der Waals surface area contributed by atoms with Gasteiger partial charge in [-0.1, -0.05) is 17.7 Å². The number of carbonyl (C=O) groups excluding carboxylic acids is 1. The fourth-order valence-corrected chi connectivity index (χ4v) is 1.50. The number of nitro groups is 1. The highest BCUT2D eigenvalue weighted by molar-refractivity contribution is 6.33. The maximum atomic E-state index is 11.2. The first kappa shape index (κ1) is 14.0. The minimum Gasteiger partial charge on any atom is -0.502 e. The van der Waals surface area contributed by atoms with Gasteiger partial charge in [0.05, 0.1) is 17.1 Å². The maximum Gasteiger partial charge on any atom is 0.373 e. The number of benzene rings is 1. The summed E-state index contributed by atoms with van der Waals surface area (Å²) < 4.78 is 4.55. The molecule has 1 rings (SSSR count). The van der Waals surface area contributed by atoms with Crippen LogP contribution in [0.5, 0.6) is 0 Å². The summed E-state index contributed by atoms with van der Waals surface area (Å²) in [6, 6.07) is 4.18. The zero-order chi connectivity index (χ0) is 13.7. The molecule has 0 unspecified atom stereocenters. The molecule has 7 heteroatoms. The summed E-state index contributed by atoms with van der Waals surface area (Å²) in [5.41, 5.74) is -0.354. The van der Waals surface area contributed by atoms with Gasteiger partial charge in [-0.05, 0) is 19.1 Å². The molecule has 0 aliphatic rings. The Bertz CT molecular complexity index is 512. The molecule has 0 aliphatic heterocycles. The number of halogens is 1. The Balaban J connectivity index is 3.18. The molecule has 0 saturated carbocycles. The molecule has 0 aliphatic carbocycles. The van der Waals surface area contributed by atoms with E-state index in [-0.39, 0.29) is 22.9 Å². The van der Waals surface area contributed by atoms with Crippen LogP contribution >= 0.6 is 11.6 Å². The second-order valence-electron chi connectivity index (χ2n) is 3.18. The molecule has 1 N–H and O–H groups in total. The Labute approximate surface area is 108 Å². The van der Waals surface area contributed by atoms with Gasteiger partial charge < -0.3 is 9.84 Å². The maximum absolute atomic E-state index is 11.2. The predicted molar refractivity (Wildman–Crippen MR) is 65.3 cm³/mol. The molecule has 0 heterocycles. The van der Waals surface area contributed by atoms with Crippen molar-refractivity contribution in [3.8, 4) is 0 Å². The van der Waals surface area contributed by atoms with E-state index in [1.54, 1.807) is 6.92 Å². The highest BCUT2D eigenvalue weighted by Crippen LogP contribution is 2.29. The van der Waals surface area contributed by atoms with E-state index in [0.717, 1.165) is 6.08 Å². The van der Waals surface area contributed by atoms with Crippen LogP contribution in [0.25, 0.3) is 6.08 Å². The normalized spacial score (nSPS) is 11.1. The van der Waals surface area contributed by atoms with Gasteiger partial charge >= 0.3 is 5.97 Å². The average molecular weight is 272 g/mol. The van der Waals surface area contributed by atoms with Crippen LogP contribution in [0.1, 0.15) is 12.5 Å². The Morgan fingerprint density at radius 1 is 1.61 bits per heavy atom. The number of rotatable bonds is 4. The molecule has 96 valence electrons. The van der Waals surface area contributed by atoms with Gasteiger partial charge in [-0.3, -0.25) is 10.1 Å². The number of ether oxygens (including phenoxy) is 1. The van der Waals surface area contributed by atoms with Gasteiger partial charge in [0.1, 0.15) is 5.02 Å². The molecular weight excluding hydrogens is 262 g/mol. The average Bonchev–Trinajstić information content (AvgIpc) is 2.28. The van der Waals surface area contributed by atoms with E-state index in [0.29, 0.717) is 0 Å². The molecule has 0 radical (unpaired) electrons. The molecule has 0 spiro atoms. The summed E-state index contributed by atoms with van der Waals surface area (Å²) in [4.78, 5) is 21.3. The second kappa shape index (κ2) is 6.02. The Hall–Kier alpha value is -2.08. The van der Waals surface area contributed by atoms with Crippen molar-refractivity contribution in [3.63, 3.8) is 0 Å². The number of para-hydroxylation sites is 1. The molecule has 1 aromatic carbocycles. The lowest BCUT2D eigenvalue weighted by atomic mass is 10.1. The summed E-state index contributed by atoms with van der Waals surface area (Å²) in [6.45, 7) is 1.67. The van der Waals surface area contributed by atoms with Gasteiger partial charge in [0, 0.05) is 6.08 Å². The third-order valence-corrected chi connectivity index (χ3v) is 2.28. The van der Waals surface area contributed by atoms with Gasteiger partial charge in [0.15, 0.2) is 0 Å². The highest BCUT2D eigenvalue weighted by Gasteiger charge is 2.18. The van der Waals surface area contributed by atoms with Gasteiger partial charge in [-0.25, -0.2) is 4.79 Å².